The molecule has 0 radical (unpaired) electrons. The second kappa shape index (κ2) is 7.39. The first-order valence-corrected chi connectivity index (χ1v) is 9.91. The molecule has 1 fully saturated rings. The molecule has 6 heteroatoms. The van der Waals surface area contributed by atoms with E-state index in [0.717, 1.165) is 29.1 Å². The second-order valence-corrected chi connectivity index (χ2v) is 8.82. The number of benzene rings is 2. The summed E-state index contributed by atoms with van der Waals surface area (Å²) in [5.41, 5.74) is 2.40. The minimum atomic E-state index is -0.484. The standard InChI is InChI=1S/C17H15Cl2NOS2/c18-13-8-6-12(7-9-13)17(22-10-3-11-23-17)16(20-21)14-4-1-2-5-15(14)19/h1-2,4-9,21H,3,10-11H2. The number of hydrogen-bond donors (Lipinski definition) is 1. The molecule has 0 aliphatic carbocycles. The lowest BCUT2D eigenvalue weighted by atomic mass is 10.0. The number of thioether (sulfide) groups is 2. The Labute approximate surface area is 154 Å². The first kappa shape index (κ1) is 17.0. The average molecular weight is 384 g/mol. The molecule has 2 aromatic carbocycles. The minimum absolute atomic E-state index is 0.484. The van der Waals surface area contributed by atoms with Gasteiger partial charge in [-0.05, 0) is 41.7 Å². The van der Waals surface area contributed by atoms with Crippen LogP contribution in [0.2, 0.25) is 10.0 Å². The molecule has 2 nitrogen and oxygen atoms in total. The van der Waals surface area contributed by atoms with Crippen LogP contribution in [0.1, 0.15) is 17.5 Å². The van der Waals surface area contributed by atoms with Gasteiger partial charge in [0.1, 0.15) is 9.79 Å². The van der Waals surface area contributed by atoms with Gasteiger partial charge in [0.15, 0.2) is 0 Å². The van der Waals surface area contributed by atoms with Crippen LogP contribution in [0.5, 0.6) is 0 Å². The minimum Gasteiger partial charge on any atom is -0.411 e. The van der Waals surface area contributed by atoms with E-state index in [0.29, 0.717) is 15.8 Å². The van der Waals surface area contributed by atoms with Gasteiger partial charge in [0.25, 0.3) is 0 Å². The first-order valence-electron chi connectivity index (χ1n) is 7.19. The Hall–Kier alpha value is -0.810. The predicted octanol–water partition coefficient (Wildman–Crippen LogP) is 5.89. The van der Waals surface area contributed by atoms with Gasteiger partial charge in [0.2, 0.25) is 0 Å². The van der Waals surface area contributed by atoms with Gasteiger partial charge in [0.05, 0.1) is 0 Å². The number of nitrogens with zero attached hydrogens (tertiary/aromatic N) is 1. The quantitative estimate of drug-likeness (QED) is 0.407. The Morgan fingerprint density at radius 2 is 1.65 bits per heavy atom. The van der Waals surface area contributed by atoms with Crippen molar-refractivity contribution in [1.29, 1.82) is 0 Å². The van der Waals surface area contributed by atoms with Gasteiger partial charge in [-0.15, -0.1) is 23.5 Å². The van der Waals surface area contributed by atoms with Crippen LogP contribution in [0.3, 0.4) is 0 Å². The molecule has 1 aliphatic heterocycles. The molecule has 0 bridgehead atoms. The lowest BCUT2D eigenvalue weighted by Gasteiger charge is -2.37. The summed E-state index contributed by atoms with van der Waals surface area (Å²) in [7, 11) is 0. The summed E-state index contributed by atoms with van der Waals surface area (Å²) in [5.74, 6) is 2.00. The van der Waals surface area contributed by atoms with Crippen molar-refractivity contribution < 1.29 is 5.21 Å². The van der Waals surface area contributed by atoms with Crippen LogP contribution in [-0.2, 0) is 4.08 Å². The fourth-order valence-electron chi connectivity index (χ4n) is 2.59. The Balaban J connectivity index is 2.15. The maximum absolute atomic E-state index is 9.81. The van der Waals surface area contributed by atoms with Crippen LogP contribution in [0.15, 0.2) is 53.7 Å². The Bertz CT molecular complexity index is 713. The number of rotatable bonds is 3. The van der Waals surface area contributed by atoms with E-state index in [1.165, 1.54) is 0 Å². The first-order chi connectivity index (χ1) is 11.2. The summed E-state index contributed by atoms with van der Waals surface area (Å²) in [6, 6.07) is 15.2. The summed E-state index contributed by atoms with van der Waals surface area (Å²) >= 11 is 15.9. The molecule has 0 aromatic heterocycles. The molecule has 0 unspecified atom stereocenters. The highest BCUT2D eigenvalue weighted by Gasteiger charge is 2.42. The largest absolute Gasteiger partial charge is 0.411 e. The Kier molecular flexibility index (Phi) is 5.47. The van der Waals surface area contributed by atoms with Crippen LogP contribution in [-0.4, -0.2) is 22.4 Å². The van der Waals surface area contributed by atoms with E-state index >= 15 is 0 Å². The molecular formula is C17H15Cl2NOS2. The highest BCUT2D eigenvalue weighted by atomic mass is 35.5. The van der Waals surface area contributed by atoms with E-state index in [4.69, 9.17) is 23.2 Å². The average Bonchev–Trinajstić information content (AvgIpc) is 2.58. The van der Waals surface area contributed by atoms with Crippen LogP contribution >= 0.6 is 46.7 Å². The molecule has 0 amide bonds. The molecule has 1 aliphatic rings. The van der Waals surface area contributed by atoms with Crippen LogP contribution in [0, 0.1) is 0 Å². The van der Waals surface area contributed by atoms with Crippen molar-refractivity contribution in [3.8, 4) is 0 Å². The normalized spacial score (nSPS) is 17.9. The van der Waals surface area contributed by atoms with Gasteiger partial charge in [0, 0.05) is 15.6 Å². The van der Waals surface area contributed by atoms with Crippen molar-refractivity contribution in [1.82, 2.24) is 0 Å². The molecular weight excluding hydrogens is 369 g/mol. The Morgan fingerprint density at radius 1 is 1.00 bits per heavy atom. The predicted molar refractivity (Wildman–Crippen MR) is 102 cm³/mol. The van der Waals surface area contributed by atoms with Gasteiger partial charge in [-0.25, -0.2) is 0 Å². The topological polar surface area (TPSA) is 32.6 Å². The molecule has 3 rings (SSSR count). The number of oxime groups is 1. The molecule has 1 saturated heterocycles. The fraction of sp³-hybridized carbons (Fsp3) is 0.235. The Morgan fingerprint density at radius 3 is 2.26 bits per heavy atom. The number of hydrogen-bond acceptors (Lipinski definition) is 4. The van der Waals surface area contributed by atoms with Crippen LogP contribution in [0.4, 0.5) is 0 Å². The molecule has 1 heterocycles. The highest BCUT2D eigenvalue weighted by molar-refractivity contribution is 8.19. The van der Waals surface area contributed by atoms with E-state index in [1.54, 1.807) is 23.5 Å². The zero-order valence-corrected chi connectivity index (χ0v) is 15.4. The van der Waals surface area contributed by atoms with Crippen molar-refractivity contribution >= 4 is 52.4 Å². The third-order valence-electron chi connectivity index (χ3n) is 3.66. The number of halogens is 2. The van der Waals surface area contributed by atoms with Crippen LogP contribution < -0.4 is 0 Å². The van der Waals surface area contributed by atoms with Crippen molar-refractivity contribution in [2.45, 2.75) is 10.5 Å². The smallest absolute Gasteiger partial charge is 0.132 e. The summed E-state index contributed by atoms with van der Waals surface area (Å²) < 4.78 is -0.484. The molecule has 23 heavy (non-hydrogen) atoms. The zero-order valence-electron chi connectivity index (χ0n) is 12.2. The van der Waals surface area contributed by atoms with Crippen molar-refractivity contribution in [2.24, 2.45) is 5.16 Å². The molecule has 2 aromatic rings. The lowest BCUT2D eigenvalue weighted by molar-refractivity contribution is 0.318. The third-order valence-corrected chi connectivity index (χ3v) is 7.61. The van der Waals surface area contributed by atoms with Crippen LogP contribution in [0.25, 0.3) is 0 Å². The zero-order chi connectivity index (χ0) is 16.3. The van der Waals surface area contributed by atoms with E-state index in [9.17, 15) is 5.21 Å². The lowest BCUT2D eigenvalue weighted by Crippen LogP contribution is -2.33. The van der Waals surface area contributed by atoms with E-state index in [1.807, 2.05) is 48.5 Å². The monoisotopic (exact) mass is 383 g/mol. The molecule has 120 valence electrons. The molecule has 0 spiro atoms. The molecule has 0 saturated carbocycles. The van der Waals surface area contributed by atoms with E-state index < -0.39 is 4.08 Å². The van der Waals surface area contributed by atoms with Gasteiger partial charge in [-0.1, -0.05) is 58.7 Å². The molecule has 0 atom stereocenters. The molecule has 1 N–H and O–H groups in total. The van der Waals surface area contributed by atoms with Gasteiger partial charge >= 0.3 is 0 Å². The summed E-state index contributed by atoms with van der Waals surface area (Å²) in [4.78, 5) is 0. The second-order valence-electron chi connectivity index (χ2n) is 5.10. The van der Waals surface area contributed by atoms with Gasteiger partial charge in [-0.2, -0.15) is 0 Å². The van der Waals surface area contributed by atoms with Crippen molar-refractivity contribution in [3.05, 3.63) is 69.7 Å². The fourth-order valence-corrected chi connectivity index (χ4v) is 6.29. The van der Waals surface area contributed by atoms with E-state index in [-0.39, 0.29) is 0 Å². The highest BCUT2D eigenvalue weighted by Crippen LogP contribution is 2.53. The van der Waals surface area contributed by atoms with Crippen molar-refractivity contribution in [3.63, 3.8) is 0 Å². The summed E-state index contributed by atoms with van der Waals surface area (Å²) in [6.45, 7) is 0. The van der Waals surface area contributed by atoms with Gasteiger partial charge in [-0.3, -0.25) is 0 Å². The summed E-state index contributed by atoms with van der Waals surface area (Å²) in [5, 5.41) is 14.8. The third kappa shape index (κ3) is 3.36. The SMILES string of the molecule is ON=C(c1ccccc1Cl)C1(c2ccc(Cl)cc2)SCCCS1. The summed E-state index contributed by atoms with van der Waals surface area (Å²) in [6.07, 6.45) is 1.13. The van der Waals surface area contributed by atoms with Crippen molar-refractivity contribution in [2.75, 3.05) is 11.5 Å². The van der Waals surface area contributed by atoms with Gasteiger partial charge < -0.3 is 5.21 Å². The maximum Gasteiger partial charge on any atom is 0.132 e. The van der Waals surface area contributed by atoms with E-state index in [2.05, 4.69) is 5.16 Å². The maximum atomic E-state index is 9.81.